The van der Waals surface area contributed by atoms with Crippen LogP contribution in [0.2, 0.25) is 0 Å². The molecule has 31 heavy (non-hydrogen) atoms. The smallest absolute Gasteiger partial charge is 0.260 e. The van der Waals surface area contributed by atoms with E-state index in [0.29, 0.717) is 37.9 Å². The van der Waals surface area contributed by atoms with Gasteiger partial charge in [0.1, 0.15) is 11.6 Å². The molecular formula is C24H27N5O2. The summed E-state index contributed by atoms with van der Waals surface area (Å²) in [5.74, 6) is 2.15. The van der Waals surface area contributed by atoms with E-state index in [4.69, 9.17) is 9.72 Å². The van der Waals surface area contributed by atoms with Crippen LogP contribution in [-0.4, -0.2) is 53.6 Å². The number of rotatable bonds is 6. The minimum Gasteiger partial charge on any atom is -0.484 e. The van der Waals surface area contributed by atoms with Crippen LogP contribution in [0.15, 0.2) is 60.7 Å². The van der Waals surface area contributed by atoms with Crippen molar-refractivity contribution in [1.82, 2.24) is 14.9 Å². The Morgan fingerprint density at radius 2 is 1.68 bits per heavy atom. The van der Waals surface area contributed by atoms with Gasteiger partial charge in [-0.2, -0.15) is 4.98 Å². The van der Waals surface area contributed by atoms with E-state index in [1.54, 1.807) is 0 Å². The maximum atomic E-state index is 12.5. The zero-order valence-corrected chi connectivity index (χ0v) is 17.9. The molecule has 2 aromatic carbocycles. The molecule has 0 saturated carbocycles. The quantitative estimate of drug-likeness (QED) is 0.661. The summed E-state index contributed by atoms with van der Waals surface area (Å²) in [5.41, 5.74) is 3.10. The molecule has 0 unspecified atom stereocenters. The number of hydrogen-bond acceptors (Lipinski definition) is 6. The van der Waals surface area contributed by atoms with Gasteiger partial charge in [0.05, 0.1) is 0 Å². The van der Waals surface area contributed by atoms with Gasteiger partial charge in [-0.05, 0) is 38.1 Å². The highest BCUT2D eigenvalue weighted by molar-refractivity contribution is 5.78. The Labute approximate surface area is 182 Å². The Hall–Kier alpha value is -3.61. The highest BCUT2D eigenvalue weighted by Crippen LogP contribution is 2.20. The maximum absolute atomic E-state index is 12.5. The average molecular weight is 418 g/mol. The van der Waals surface area contributed by atoms with Crippen molar-refractivity contribution in [3.8, 4) is 5.75 Å². The van der Waals surface area contributed by atoms with Gasteiger partial charge in [-0.15, -0.1) is 0 Å². The predicted octanol–water partition coefficient (Wildman–Crippen LogP) is 3.56. The molecule has 3 aromatic rings. The van der Waals surface area contributed by atoms with E-state index >= 15 is 0 Å². The lowest BCUT2D eigenvalue weighted by Crippen LogP contribution is -2.50. The van der Waals surface area contributed by atoms with Gasteiger partial charge in [0.15, 0.2) is 6.61 Å². The molecule has 1 aliphatic heterocycles. The minimum absolute atomic E-state index is 0.00427. The van der Waals surface area contributed by atoms with Gasteiger partial charge in [0, 0.05) is 43.6 Å². The Balaban J connectivity index is 1.34. The molecule has 0 atom stereocenters. The van der Waals surface area contributed by atoms with Crippen molar-refractivity contribution in [2.75, 3.05) is 43.0 Å². The third-order valence-electron chi connectivity index (χ3n) is 5.19. The standard InChI is InChI=1S/C24H27N5O2/c1-18-8-10-20(11-9-18)26-22-16-19(2)25-24(27-22)29-14-12-28(13-15-29)23(30)17-31-21-6-4-3-5-7-21/h3-11,16H,12-15,17H2,1-2H3,(H,25,26,27). The Morgan fingerprint density at radius 3 is 2.39 bits per heavy atom. The number of anilines is 3. The maximum Gasteiger partial charge on any atom is 0.260 e. The molecule has 1 N–H and O–H groups in total. The molecule has 4 rings (SSSR count). The summed E-state index contributed by atoms with van der Waals surface area (Å²) >= 11 is 0. The first-order valence-electron chi connectivity index (χ1n) is 10.5. The molecule has 2 heterocycles. The lowest BCUT2D eigenvalue weighted by atomic mass is 10.2. The van der Waals surface area contributed by atoms with E-state index in [1.165, 1.54) is 5.56 Å². The number of aryl methyl sites for hydroxylation is 2. The number of nitrogens with zero attached hydrogens (tertiary/aromatic N) is 4. The molecule has 1 fully saturated rings. The van der Waals surface area contributed by atoms with Crippen LogP contribution < -0.4 is 15.0 Å². The first-order valence-corrected chi connectivity index (χ1v) is 10.5. The van der Waals surface area contributed by atoms with E-state index < -0.39 is 0 Å². The van der Waals surface area contributed by atoms with Crippen molar-refractivity contribution in [2.24, 2.45) is 0 Å². The van der Waals surface area contributed by atoms with E-state index in [-0.39, 0.29) is 12.5 Å². The fraction of sp³-hybridized carbons (Fsp3) is 0.292. The van der Waals surface area contributed by atoms with Gasteiger partial charge < -0.3 is 19.9 Å². The molecule has 7 nitrogen and oxygen atoms in total. The number of ether oxygens (including phenoxy) is 1. The summed E-state index contributed by atoms with van der Waals surface area (Å²) in [5, 5.41) is 3.35. The average Bonchev–Trinajstić information content (AvgIpc) is 2.79. The number of carbonyl (C=O) groups is 1. The fourth-order valence-electron chi connectivity index (χ4n) is 3.45. The second-order valence-corrected chi connectivity index (χ2v) is 7.66. The Kier molecular flexibility index (Phi) is 6.31. The molecule has 160 valence electrons. The van der Waals surface area contributed by atoms with Crippen molar-refractivity contribution in [3.63, 3.8) is 0 Å². The van der Waals surface area contributed by atoms with E-state index in [2.05, 4.69) is 34.3 Å². The van der Waals surface area contributed by atoms with E-state index in [0.717, 1.165) is 17.2 Å². The molecule has 1 aliphatic rings. The zero-order valence-electron chi connectivity index (χ0n) is 17.9. The van der Waals surface area contributed by atoms with Gasteiger partial charge in [-0.1, -0.05) is 35.9 Å². The Morgan fingerprint density at radius 1 is 0.968 bits per heavy atom. The number of hydrogen-bond donors (Lipinski definition) is 1. The highest BCUT2D eigenvalue weighted by atomic mass is 16.5. The van der Waals surface area contributed by atoms with Crippen LogP contribution in [0, 0.1) is 13.8 Å². The summed E-state index contributed by atoms with van der Waals surface area (Å²) in [7, 11) is 0. The SMILES string of the molecule is Cc1ccc(Nc2cc(C)nc(N3CCN(C(=O)COc4ccccc4)CC3)n2)cc1. The first kappa shape index (κ1) is 20.7. The summed E-state index contributed by atoms with van der Waals surface area (Å²) < 4.78 is 5.59. The van der Waals surface area contributed by atoms with Crippen molar-refractivity contribution in [2.45, 2.75) is 13.8 Å². The lowest BCUT2D eigenvalue weighted by Gasteiger charge is -2.34. The Bertz CT molecular complexity index is 1020. The summed E-state index contributed by atoms with van der Waals surface area (Å²) in [6.45, 7) is 6.69. The van der Waals surface area contributed by atoms with Crippen molar-refractivity contribution < 1.29 is 9.53 Å². The molecular weight excluding hydrogens is 390 g/mol. The third-order valence-corrected chi connectivity index (χ3v) is 5.19. The minimum atomic E-state index is -0.00427. The van der Waals surface area contributed by atoms with Crippen LogP contribution in [0.1, 0.15) is 11.3 Å². The number of piperazine rings is 1. The van der Waals surface area contributed by atoms with E-state index in [9.17, 15) is 4.79 Å². The van der Waals surface area contributed by atoms with Crippen LogP contribution in [0.5, 0.6) is 5.75 Å². The highest BCUT2D eigenvalue weighted by Gasteiger charge is 2.23. The monoisotopic (exact) mass is 417 g/mol. The second kappa shape index (κ2) is 9.47. The molecule has 0 aliphatic carbocycles. The van der Waals surface area contributed by atoms with Crippen molar-refractivity contribution in [1.29, 1.82) is 0 Å². The number of para-hydroxylation sites is 1. The largest absolute Gasteiger partial charge is 0.484 e. The van der Waals surface area contributed by atoms with Crippen molar-refractivity contribution in [3.05, 3.63) is 71.9 Å². The number of nitrogens with one attached hydrogen (secondary N) is 1. The summed E-state index contributed by atoms with van der Waals surface area (Å²) in [6, 6.07) is 19.5. The predicted molar refractivity (Wildman–Crippen MR) is 122 cm³/mol. The van der Waals surface area contributed by atoms with Crippen LogP contribution in [0.25, 0.3) is 0 Å². The zero-order chi connectivity index (χ0) is 21.6. The van der Waals surface area contributed by atoms with Gasteiger partial charge in [-0.3, -0.25) is 4.79 Å². The number of benzene rings is 2. The molecule has 0 spiro atoms. The normalized spacial score (nSPS) is 13.7. The molecule has 1 saturated heterocycles. The number of amides is 1. The topological polar surface area (TPSA) is 70.6 Å². The first-order chi connectivity index (χ1) is 15.1. The molecule has 1 amide bonds. The van der Waals surface area contributed by atoms with Gasteiger partial charge in [0.2, 0.25) is 5.95 Å². The van der Waals surface area contributed by atoms with Crippen LogP contribution in [-0.2, 0) is 4.79 Å². The lowest BCUT2D eigenvalue weighted by molar-refractivity contribution is -0.133. The van der Waals surface area contributed by atoms with Crippen LogP contribution in [0.3, 0.4) is 0 Å². The number of aromatic nitrogens is 2. The summed E-state index contributed by atoms with van der Waals surface area (Å²) in [4.78, 5) is 25.7. The molecule has 0 bridgehead atoms. The third kappa shape index (κ3) is 5.51. The van der Waals surface area contributed by atoms with Gasteiger partial charge in [0.25, 0.3) is 5.91 Å². The number of carbonyl (C=O) groups excluding carboxylic acids is 1. The summed E-state index contributed by atoms with van der Waals surface area (Å²) in [6.07, 6.45) is 0. The van der Waals surface area contributed by atoms with E-state index in [1.807, 2.05) is 60.4 Å². The fourth-order valence-corrected chi connectivity index (χ4v) is 3.45. The van der Waals surface area contributed by atoms with Crippen LogP contribution in [0.4, 0.5) is 17.5 Å². The van der Waals surface area contributed by atoms with Crippen LogP contribution >= 0.6 is 0 Å². The molecule has 0 radical (unpaired) electrons. The van der Waals surface area contributed by atoms with Gasteiger partial charge >= 0.3 is 0 Å². The van der Waals surface area contributed by atoms with Crippen molar-refractivity contribution >= 4 is 23.4 Å². The molecule has 1 aromatic heterocycles. The van der Waals surface area contributed by atoms with Gasteiger partial charge in [-0.25, -0.2) is 4.98 Å². The molecule has 7 heteroatoms. The second-order valence-electron chi connectivity index (χ2n) is 7.66.